The molecule has 3 heterocycles. The van der Waals surface area contributed by atoms with E-state index in [0.29, 0.717) is 18.5 Å². The Kier molecular flexibility index (Phi) is 4.28. The lowest BCUT2D eigenvalue weighted by molar-refractivity contribution is -0.136. The third-order valence-electron chi connectivity index (χ3n) is 5.43. The van der Waals surface area contributed by atoms with Gasteiger partial charge in [-0.25, -0.2) is 8.42 Å². The number of likely N-dealkylation sites (tertiary alicyclic amines) is 2. The molecule has 3 atom stereocenters. The lowest BCUT2D eigenvalue weighted by atomic mass is 10.0. The highest BCUT2D eigenvalue weighted by atomic mass is 32.2. The summed E-state index contributed by atoms with van der Waals surface area (Å²) in [6.07, 6.45) is 5.04. The number of carbonyl (C=O) groups is 1. The van der Waals surface area contributed by atoms with Crippen LogP contribution in [0.2, 0.25) is 0 Å². The zero-order valence-electron chi connectivity index (χ0n) is 12.8. The molecule has 0 saturated carbocycles. The van der Waals surface area contributed by atoms with Gasteiger partial charge in [-0.3, -0.25) is 9.69 Å². The minimum Gasteiger partial charge on any atom is -0.338 e. The van der Waals surface area contributed by atoms with Crippen LogP contribution >= 0.6 is 0 Å². The molecule has 120 valence electrons. The van der Waals surface area contributed by atoms with Crippen LogP contribution in [0, 0.1) is 5.92 Å². The summed E-state index contributed by atoms with van der Waals surface area (Å²) in [5, 5.41) is 0. The van der Waals surface area contributed by atoms with Crippen LogP contribution in [0.15, 0.2) is 0 Å². The van der Waals surface area contributed by atoms with Gasteiger partial charge < -0.3 is 4.90 Å². The van der Waals surface area contributed by atoms with E-state index in [1.807, 2.05) is 4.90 Å². The Labute approximate surface area is 127 Å². The molecule has 21 heavy (non-hydrogen) atoms. The van der Waals surface area contributed by atoms with E-state index < -0.39 is 9.84 Å². The van der Waals surface area contributed by atoms with Gasteiger partial charge in [-0.15, -0.1) is 0 Å². The first-order chi connectivity index (χ1) is 10.0. The third-order valence-corrected chi connectivity index (χ3v) is 7.20. The Hall–Kier alpha value is -0.620. The fraction of sp³-hybridized carbons (Fsp3) is 0.933. The topological polar surface area (TPSA) is 57.7 Å². The Balaban J connectivity index is 1.70. The monoisotopic (exact) mass is 314 g/mol. The van der Waals surface area contributed by atoms with E-state index in [4.69, 9.17) is 0 Å². The molecule has 0 aromatic rings. The Morgan fingerprint density at radius 1 is 1.10 bits per heavy atom. The highest BCUT2D eigenvalue weighted by Gasteiger charge is 2.43. The molecule has 1 amide bonds. The second-order valence-corrected chi connectivity index (χ2v) is 8.91. The smallest absolute Gasteiger partial charge is 0.227 e. The van der Waals surface area contributed by atoms with Crippen molar-refractivity contribution in [2.45, 2.75) is 51.1 Å². The summed E-state index contributed by atoms with van der Waals surface area (Å²) >= 11 is 0. The summed E-state index contributed by atoms with van der Waals surface area (Å²) in [6.45, 7) is 5.18. The molecule has 3 rings (SSSR count). The minimum atomic E-state index is -2.98. The largest absolute Gasteiger partial charge is 0.338 e. The number of hydrogen-bond donors (Lipinski definition) is 0. The van der Waals surface area contributed by atoms with Crippen LogP contribution in [0.1, 0.15) is 39.0 Å². The van der Waals surface area contributed by atoms with Crippen molar-refractivity contribution in [1.29, 1.82) is 0 Å². The van der Waals surface area contributed by atoms with Gasteiger partial charge in [-0.2, -0.15) is 0 Å². The summed E-state index contributed by atoms with van der Waals surface area (Å²) in [5.41, 5.74) is 0. The van der Waals surface area contributed by atoms with E-state index in [1.165, 1.54) is 12.8 Å². The van der Waals surface area contributed by atoms with Crippen molar-refractivity contribution in [3.63, 3.8) is 0 Å². The van der Waals surface area contributed by atoms with E-state index in [-0.39, 0.29) is 23.3 Å². The fourth-order valence-corrected chi connectivity index (χ4v) is 6.10. The summed E-state index contributed by atoms with van der Waals surface area (Å²) in [4.78, 5) is 17.2. The predicted molar refractivity (Wildman–Crippen MR) is 81.8 cm³/mol. The van der Waals surface area contributed by atoms with Crippen molar-refractivity contribution in [1.82, 2.24) is 9.80 Å². The van der Waals surface area contributed by atoms with E-state index in [0.717, 1.165) is 32.5 Å². The molecule has 6 heteroatoms. The normalized spacial score (nSPS) is 36.4. The van der Waals surface area contributed by atoms with Crippen LogP contribution in [0.5, 0.6) is 0 Å². The van der Waals surface area contributed by atoms with E-state index in [1.54, 1.807) is 0 Å². The molecule has 0 bridgehead atoms. The van der Waals surface area contributed by atoms with Gasteiger partial charge >= 0.3 is 0 Å². The van der Waals surface area contributed by atoms with E-state index in [9.17, 15) is 13.2 Å². The molecule has 0 aliphatic carbocycles. The molecule has 0 aromatic heterocycles. The first-order valence-corrected chi connectivity index (χ1v) is 10.1. The maximum Gasteiger partial charge on any atom is 0.227 e. The van der Waals surface area contributed by atoms with Crippen molar-refractivity contribution in [2.24, 2.45) is 5.92 Å². The van der Waals surface area contributed by atoms with Crippen LogP contribution in [0.25, 0.3) is 0 Å². The first kappa shape index (κ1) is 15.3. The SMILES string of the molecule is CCN1CCC[C@@H]1[C@H]1CCCN1C(=O)[C@H]1CCS(=O)(=O)C1. The van der Waals surface area contributed by atoms with Gasteiger partial charge in [0, 0.05) is 18.6 Å². The second kappa shape index (κ2) is 5.88. The zero-order valence-corrected chi connectivity index (χ0v) is 13.6. The number of rotatable bonds is 3. The molecule has 0 unspecified atom stereocenters. The summed E-state index contributed by atoms with van der Waals surface area (Å²) in [5.74, 6) is 0.0671. The van der Waals surface area contributed by atoms with Crippen LogP contribution < -0.4 is 0 Å². The predicted octanol–water partition coefficient (Wildman–Crippen LogP) is 0.896. The standard InChI is InChI=1S/C15H26N2O3S/c1-2-16-8-3-5-13(16)14-6-4-9-17(14)15(18)12-7-10-21(19,20)11-12/h12-14H,2-11H2,1H3/t12-,13+,14+/m0/s1. The molecule has 3 aliphatic heterocycles. The van der Waals surface area contributed by atoms with Crippen LogP contribution in [-0.2, 0) is 14.6 Å². The number of nitrogens with zero attached hydrogens (tertiary/aromatic N) is 2. The van der Waals surface area contributed by atoms with Crippen LogP contribution in [0.4, 0.5) is 0 Å². The van der Waals surface area contributed by atoms with Gasteiger partial charge in [0.05, 0.1) is 17.4 Å². The van der Waals surface area contributed by atoms with Gasteiger partial charge in [0.15, 0.2) is 9.84 Å². The molecule has 0 N–H and O–H groups in total. The molecule has 3 aliphatic rings. The number of carbonyl (C=O) groups excluding carboxylic acids is 1. The van der Waals surface area contributed by atoms with E-state index >= 15 is 0 Å². The van der Waals surface area contributed by atoms with Gasteiger partial charge in [-0.1, -0.05) is 6.92 Å². The van der Waals surface area contributed by atoms with Crippen molar-refractivity contribution >= 4 is 15.7 Å². The Morgan fingerprint density at radius 2 is 1.81 bits per heavy atom. The molecule has 0 aromatic carbocycles. The molecular weight excluding hydrogens is 288 g/mol. The Bertz CT molecular complexity index is 505. The lowest BCUT2D eigenvalue weighted by Gasteiger charge is -2.35. The zero-order chi connectivity index (χ0) is 15.0. The molecule has 3 fully saturated rings. The average molecular weight is 314 g/mol. The quantitative estimate of drug-likeness (QED) is 0.776. The lowest BCUT2D eigenvalue weighted by Crippen LogP contribution is -2.49. The second-order valence-electron chi connectivity index (χ2n) is 6.68. The Morgan fingerprint density at radius 3 is 2.48 bits per heavy atom. The molecule has 5 nitrogen and oxygen atoms in total. The highest BCUT2D eigenvalue weighted by Crippen LogP contribution is 2.32. The van der Waals surface area contributed by atoms with Gasteiger partial charge in [0.1, 0.15) is 0 Å². The van der Waals surface area contributed by atoms with Crippen molar-refractivity contribution in [2.75, 3.05) is 31.1 Å². The van der Waals surface area contributed by atoms with E-state index in [2.05, 4.69) is 11.8 Å². The molecule has 3 saturated heterocycles. The third kappa shape index (κ3) is 2.97. The molecule has 0 radical (unpaired) electrons. The molecule has 0 spiro atoms. The average Bonchev–Trinajstić information content (AvgIpc) is 3.14. The highest BCUT2D eigenvalue weighted by molar-refractivity contribution is 7.91. The van der Waals surface area contributed by atoms with Gasteiger partial charge in [-0.05, 0) is 45.2 Å². The van der Waals surface area contributed by atoms with Crippen molar-refractivity contribution in [3.05, 3.63) is 0 Å². The summed E-state index contributed by atoms with van der Waals surface area (Å²) in [7, 11) is -2.98. The van der Waals surface area contributed by atoms with Crippen molar-refractivity contribution in [3.8, 4) is 0 Å². The summed E-state index contributed by atoms with van der Waals surface area (Å²) in [6, 6.07) is 0.794. The van der Waals surface area contributed by atoms with Gasteiger partial charge in [0.2, 0.25) is 5.91 Å². The number of hydrogen-bond acceptors (Lipinski definition) is 4. The first-order valence-electron chi connectivity index (χ1n) is 8.27. The van der Waals surface area contributed by atoms with Gasteiger partial charge in [0.25, 0.3) is 0 Å². The molecular formula is C15H26N2O3S. The van der Waals surface area contributed by atoms with Crippen LogP contribution in [-0.4, -0.2) is 67.3 Å². The number of sulfone groups is 1. The number of amides is 1. The van der Waals surface area contributed by atoms with Crippen LogP contribution in [0.3, 0.4) is 0 Å². The van der Waals surface area contributed by atoms with Crippen molar-refractivity contribution < 1.29 is 13.2 Å². The minimum absolute atomic E-state index is 0.0667. The maximum atomic E-state index is 12.7. The fourth-order valence-electron chi connectivity index (χ4n) is 4.37. The summed E-state index contributed by atoms with van der Waals surface area (Å²) < 4.78 is 23.2. The number of likely N-dealkylation sites (N-methyl/N-ethyl adjacent to an activating group) is 1. The maximum absolute atomic E-state index is 12.7.